The molecular weight excluding hydrogens is 479 g/mol. The van der Waals surface area contributed by atoms with Crippen LogP contribution in [0.3, 0.4) is 0 Å². The maximum atomic E-state index is 5.40. The molecule has 0 fully saturated rings. The van der Waals surface area contributed by atoms with E-state index in [1.165, 1.54) is 37.8 Å². The van der Waals surface area contributed by atoms with E-state index in [0.717, 1.165) is 18.8 Å². The SMILES string of the molecule is CCN1/C(=C/c2ccc3cc(C)ccc3[n+]2CC)Sc2cc(OC)ccc21.[I-]. The van der Waals surface area contributed by atoms with Crippen LogP contribution in [-0.2, 0) is 6.54 Å². The van der Waals surface area contributed by atoms with Gasteiger partial charge in [-0.15, -0.1) is 0 Å². The number of halogens is 1. The van der Waals surface area contributed by atoms with Crippen LogP contribution < -0.4 is 38.2 Å². The molecule has 0 radical (unpaired) electrons. The first kappa shape index (κ1) is 21.0. The molecule has 0 atom stereocenters. The Hall–Kier alpha value is -1.73. The molecule has 4 rings (SSSR count). The Morgan fingerprint density at radius 1 is 1.07 bits per heavy atom. The maximum Gasteiger partial charge on any atom is 0.212 e. The number of ether oxygens (including phenoxy) is 1. The van der Waals surface area contributed by atoms with Crippen molar-refractivity contribution in [2.75, 3.05) is 18.6 Å². The van der Waals surface area contributed by atoms with Crippen LogP contribution >= 0.6 is 11.8 Å². The third-order valence-corrected chi connectivity index (χ3v) is 6.16. The largest absolute Gasteiger partial charge is 1.00 e. The monoisotopic (exact) mass is 504 g/mol. The quantitative estimate of drug-likeness (QED) is 0.401. The lowest BCUT2D eigenvalue weighted by Gasteiger charge is -2.18. The molecule has 0 bridgehead atoms. The van der Waals surface area contributed by atoms with Crippen LogP contribution in [-0.4, -0.2) is 13.7 Å². The van der Waals surface area contributed by atoms with E-state index in [1.807, 2.05) is 17.8 Å². The molecule has 0 unspecified atom stereocenters. The van der Waals surface area contributed by atoms with E-state index in [1.54, 1.807) is 7.11 Å². The zero-order valence-corrected chi connectivity index (χ0v) is 19.7. The third kappa shape index (κ3) is 3.74. The van der Waals surface area contributed by atoms with Gasteiger partial charge in [0.1, 0.15) is 12.3 Å². The Labute approximate surface area is 188 Å². The molecule has 3 nitrogen and oxygen atoms in total. The molecule has 0 N–H and O–H groups in total. The second-order valence-electron chi connectivity index (χ2n) is 6.73. The van der Waals surface area contributed by atoms with Gasteiger partial charge in [0.2, 0.25) is 11.2 Å². The predicted molar refractivity (Wildman–Crippen MR) is 114 cm³/mol. The van der Waals surface area contributed by atoms with Crippen molar-refractivity contribution in [2.45, 2.75) is 32.2 Å². The summed E-state index contributed by atoms with van der Waals surface area (Å²) in [5, 5.41) is 2.55. The Morgan fingerprint density at radius 2 is 1.89 bits per heavy atom. The summed E-state index contributed by atoms with van der Waals surface area (Å²) in [5.74, 6) is 0.906. The smallest absolute Gasteiger partial charge is 0.212 e. The second kappa shape index (κ2) is 8.74. The Morgan fingerprint density at radius 3 is 2.61 bits per heavy atom. The number of hydrogen-bond donors (Lipinski definition) is 0. The zero-order valence-electron chi connectivity index (χ0n) is 16.7. The number of anilines is 1. The van der Waals surface area contributed by atoms with Crippen LogP contribution in [0, 0.1) is 6.92 Å². The molecule has 2 heterocycles. The number of rotatable bonds is 4. The minimum absolute atomic E-state index is 0. The third-order valence-electron chi connectivity index (χ3n) is 5.06. The van der Waals surface area contributed by atoms with Crippen molar-refractivity contribution in [2.24, 2.45) is 0 Å². The van der Waals surface area contributed by atoms with Crippen LogP contribution in [0.15, 0.2) is 58.5 Å². The molecule has 1 aliphatic rings. The van der Waals surface area contributed by atoms with E-state index in [-0.39, 0.29) is 24.0 Å². The number of nitrogens with zero attached hydrogens (tertiary/aromatic N) is 2. The van der Waals surface area contributed by atoms with Crippen molar-refractivity contribution >= 4 is 34.4 Å². The minimum atomic E-state index is 0. The second-order valence-corrected chi connectivity index (χ2v) is 7.79. The highest BCUT2D eigenvalue weighted by Crippen LogP contribution is 2.47. The Balaban J connectivity index is 0.00000225. The first-order valence-corrected chi connectivity index (χ1v) is 10.2. The normalized spacial score (nSPS) is 14.3. The predicted octanol–water partition coefficient (Wildman–Crippen LogP) is 2.40. The molecule has 0 amide bonds. The van der Waals surface area contributed by atoms with Gasteiger partial charge < -0.3 is 33.6 Å². The first-order chi connectivity index (χ1) is 13.1. The summed E-state index contributed by atoms with van der Waals surface area (Å²) in [5.41, 5.74) is 5.07. The highest BCUT2D eigenvalue weighted by atomic mass is 127. The standard InChI is InChI=1S/C23H25N2OS.HI/c1-5-24-18(9-8-17-13-16(3)7-11-20(17)24)14-23-25(6-2)21-12-10-19(26-4)15-22(21)27-23;/h7-15H,5-6H2,1-4H3;1H/q+1;/p-1. The zero-order chi connectivity index (χ0) is 19.0. The van der Waals surface area contributed by atoms with E-state index in [9.17, 15) is 0 Å². The average molecular weight is 504 g/mol. The number of aryl methyl sites for hydroxylation is 2. The number of aromatic nitrogens is 1. The molecular formula is C23H25IN2OS. The van der Waals surface area contributed by atoms with Crippen LogP contribution in [0.5, 0.6) is 5.75 Å². The van der Waals surface area contributed by atoms with Crippen LogP contribution in [0.1, 0.15) is 25.1 Å². The number of fused-ring (bicyclic) bond motifs is 2. The molecule has 0 saturated carbocycles. The van der Waals surface area contributed by atoms with Crippen molar-refractivity contribution in [1.82, 2.24) is 0 Å². The maximum absolute atomic E-state index is 5.40. The van der Waals surface area contributed by atoms with E-state index < -0.39 is 0 Å². The van der Waals surface area contributed by atoms with Gasteiger partial charge in [-0.1, -0.05) is 23.4 Å². The van der Waals surface area contributed by atoms with Gasteiger partial charge in [-0.05, 0) is 51.1 Å². The summed E-state index contributed by atoms with van der Waals surface area (Å²) in [6.07, 6.45) is 2.31. The van der Waals surface area contributed by atoms with Crippen LogP contribution in [0.25, 0.3) is 17.0 Å². The number of pyridine rings is 1. The van der Waals surface area contributed by atoms with Gasteiger partial charge in [-0.25, -0.2) is 0 Å². The summed E-state index contributed by atoms with van der Waals surface area (Å²) in [4.78, 5) is 3.63. The fourth-order valence-corrected chi connectivity index (χ4v) is 4.91. The number of benzene rings is 2. The summed E-state index contributed by atoms with van der Waals surface area (Å²) in [6, 6.07) is 17.5. The van der Waals surface area contributed by atoms with E-state index in [0.29, 0.717) is 0 Å². The van der Waals surface area contributed by atoms with Gasteiger partial charge in [0.15, 0.2) is 0 Å². The first-order valence-electron chi connectivity index (χ1n) is 9.43. The summed E-state index contributed by atoms with van der Waals surface area (Å²) in [7, 11) is 1.72. The number of methoxy groups -OCH3 is 1. The molecule has 28 heavy (non-hydrogen) atoms. The molecule has 1 aromatic heterocycles. The molecule has 5 heteroatoms. The van der Waals surface area contributed by atoms with Crippen molar-refractivity contribution < 1.29 is 33.3 Å². The summed E-state index contributed by atoms with van der Waals surface area (Å²) in [6.45, 7) is 8.44. The molecule has 3 aromatic rings. The van der Waals surface area contributed by atoms with Crippen molar-refractivity contribution in [3.05, 3.63) is 64.8 Å². The fraction of sp³-hybridized carbons (Fsp3) is 0.261. The summed E-state index contributed by atoms with van der Waals surface area (Å²) < 4.78 is 7.79. The van der Waals surface area contributed by atoms with Gasteiger partial charge in [0, 0.05) is 35.0 Å². The number of hydrogen-bond acceptors (Lipinski definition) is 3. The van der Waals surface area contributed by atoms with E-state index >= 15 is 0 Å². The Kier molecular flexibility index (Phi) is 6.55. The molecule has 2 aromatic carbocycles. The van der Waals surface area contributed by atoms with E-state index in [2.05, 4.69) is 78.8 Å². The van der Waals surface area contributed by atoms with Crippen molar-refractivity contribution in [1.29, 1.82) is 0 Å². The lowest BCUT2D eigenvalue weighted by molar-refractivity contribution is -0.669. The van der Waals surface area contributed by atoms with E-state index in [4.69, 9.17) is 4.74 Å². The Bertz CT molecular complexity index is 1050. The molecule has 0 aliphatic carbocycles. The van der Waals surface area contributed by atoms with Crippen LogP contribution in [0.4, 0.5) is 5.69 Å². The van der Waals surface area contributed by atoms with Crippen LogP contribution in [0.2, 0.25) is 0 Å². The topological polar surface area (TPSA) is 16.4 Å². The van der Waals surface area contributed by atoms with Crippen molar-refractivity contribution in [3.63, 3.8) is 0 Å². The van der Waals surface area contributed by atoms with Gasteiger partial charge in [0.25, 0.3) is 0 Å². The lowest BCUT2D eigenvalue weighted by Crippen LogP contribution is -3.00. The van der Waals surface area contributed by atoms with Gasteiger partial charge in [-0.2, -0.15) is 4.57 Å². The molecule has 0 saturated heterocycles. The molecule has 1 aliphatic heterocycles. The molecule has 146 valence electrons. The van der Waals surface area contributed by atoms with Gasteiger partial charge in [-0.3, -0.25) is 0 Å². The van der Waals surface area contributed by atoms with Gasteiger partial charge >= 0.3 is 0 Å². The number of thioether (sulfide) groups is 1. The molecule has 0 spiro atoms. The highest BCUT2D eigenvalue weighted by molar-refractivity contribution is 8.03. The highest BCUT2D eigenvalue weighted by Gasteiger charge is 2.26. The van der Waals surface area contributed by atoms with Gasteiger partial charge in [0.05, 0.1) is 17.8 Å². The van der Waals surface area contributed by atoms with Crippen molar-refractivity contribution in [3.8, 4) is 5.75 Å². The average Bonchev–Trinajstić information content (AvgIpc) is 3.03. The summed E-state index contributed by atoms with van der Waals surface area (Å²) >= 11 is 1.81. The lowest BCUT2D eigenvalue weighted by atomic mass is 10.1. The fourth-order valence-electron chi connectivity index (χ4n) is 3.71. The minimum Gasteiger partial charge on any atom is -1.00 e.